The number of aromatic hydroxyl groups is 2. The lowest BCUT2D eigenvalue weighted by molar-refractivity contribution is -0.141. The number of carbonyl (C=O) groups excluding carboxylic acids is 4. The molecule has 2 saturated heterocycles. The Morgan fingerprint density at radius 2 is 1.61 bits per heavy atom. The minimum Gasteiger partial charge on any atom is -0.508 e. The molecule has 4 aromatic rings. The van der Waals surface area contributed by atoms with E-state index in [1.54, 1.807) is 79.9 Å². The van der Waals surface area contributed by atoms with E-state index in [-0.39, 0.29) is 53.5 Å². The molecule has 8 rings (SSSR count). The first-order valence-electron chi connectivity index (χ1n) is 18.6. The van der Waals surface area contributed by atoms with Gasteiger partial charge < -0.3 is 19.7 Å². The van der Waals surface area contributed by atoms with Gasteiger partial charge in [-0.15, -0.1) is 0 Å². The zero-order valence-electron chi connectivity index (χ0n) is 31.0. The molecule has 11 nitrogen and oxygen atoms in total. The smallest absolute Gasteiger partial charge is 0.260 e. The Morgan fingerprint density at radius 1 is 0.860 bits per heavy atom. The van der Waals surface area contributed by atoms with Crippen LogP contribution in [0.4, 0.5) is 5.69 Å². The molecule has 4 aliphatic rings. The first-order chi connectivity index (χ1) is 27.5. The van der Waals surface area contributed by atoms with E-state index in [1.165, 1.54) is 24.1 Å². The van der Waals surface area contributed by atoms with E-state index in [9.17, 15) is 24.6 Å². The van der Waals surface area contributed by atoms with Crippen molar-refractivity contribution < 1.29 is 38.9 Å². The highest BCUT2D eigenvalue weighted by Crippen LogP contribution is 2.61. The average Bonchev–Trinajstić information content (AvgIpc) is 3.58. The van der Waals surface area contributed by atoms with E-state index in [0.717, 1.165) is 16.1 Å². The molecular formula is C44H39Cl2N3O8. The second-order valence-electron chi connectivity index (χ2n) is 14.8. The van der Waals surface area contributed by atoms with Crippen molar-refractivity contribution in [2.24, 2.45) is 29.6 Å². The van der Waals surface area contributed by atoms with Crippen molar-refractivity contribution in [1.29, 1.82) is 0 Å². The molecule has 6 atom stereocenters. The number of hydrogen-bond donors (Lipinski definition) is 3. The molecule has 2 aliphatic heterocycles. The van der Waals surface area contributed by atoms with Crippen molar-refractivity contribution in [3.63, 3.8) is 0 Å². The molecule has 0 aromatic heterocycles. The number of benzene rings is 4. The Hall–Kier alpha value is -5.78. The van der Waals surface area contributed by atoms with Gasteiger partial charge in [0, 0.05) is 17.5 Å². The van der Waals surface area contributed by atoms with Gasteiger partial charge in [0.25, 0.3) is 11.8 Å². The number of methoxy groups -OCH3 is 2. The van der Waals surface area contributed by atoms with Crippen LogP contribution in [0, 0.1) is 29.6 Å². The number of phenolic OH excluding ortho intramolecular Hbond substituents is 2. The standard InChI is InChI=1S/C44H39Cl2N3O8/c1-56-29-12-7-26(8-13-29)44-33(16-5-25-6-18-37(51)38(21-25)57-2)30-14-15-31-39(42(54)48(40(31)52)20-19-24-3-10-28(50)11-4-24)32(30)23-34(44)41(53)49(43(44)55)47-36-17-9-27(45)22-35(36)46/h3-14,16-18,21-22,31-34,39,47,50-51H,15,19-20,23H2,1-2H3. The normalized spacial score (nSPS) is 25.3. The maximum absolute atomic E-state index is 15.4. The van der Waals surface area contributed by atoms with Crippen molar-refractivity contribution in [1.82, 2.24) is 9.91 Å². The molecule has 2 heterocycles. The van der Waals surface area contributed by atoms with Crippen LogP contribution in [0.3, 0.4) is 0 Å². The van der Waals surface area contributed by atoms with Gasteiger partial charge >= 0.3 is 0 Å². The summed E-state index contributed by atoms with van der Waals surface area (Å²) in [5.74, 6) is -4.35. The molecule has 4 amide bonds. The lowest BCUT2D eigenvalue weighted by atomic mass is 9.50. The van der Waals surface area contributed by atoms with Crippen molar-refractivity contribution in [2.45, 2.75) is 24.7 Å². The minimum atomic E-state index is -1.51. The lowest BCUT2D eigenvalue weighted by Gasteiger charge is -2.49. The quantitative estimate of drug-likeness (QED) is 0.112. The van der Waals surface area contributed by atoms with Gasteiger partial charge in [0.1, 0.15) is 11.5 Å². The molecule has 0 spiro atoms. The number of hydrogen-bond acceptors (Lipinski definition) is 9. The lowest BCUT2D eigenvalue weighted by Crippen LogP contribution is -2.54. The number of phenols is 2. The number of ether oxygens (including phenoxy) is 2. The summed E-state index contributed by atoms with van der Waals surface area (Å²) < 4.78 is 10.8. The van der Waals surface area contributed by atoms with Gasteiger partial charge in [-0.2, -0.15) is 5.01 Å². The number of halogens is 2. The number of rotatable bonds is 10. The predicted octanol–water partition coefficient (Wildman–Crippen LogP) is 7.20. The molecular weight excluding hydrogens is 769 g/mol. The number of allylic oxidation sites excluding steroid dienone is 3. The molecule has 6 unspecified atom stereocenters. The molecule has 292 valence electrons. The van der Waals surface area contributed by atoms with Crippen LogP contribution in [0.25, 0.3) is 6.08 Å². The average molecular weight is 809 g/mol. The summed E-state index contributed by atoms with van der Waals surface area (Å²) in [6.07, 6.45) is 6.50. The number of likely N-dealkylation sites (tertiary alicyclic amines) is 1. The summed E-state index contributed by atoms with van der Waals surface area (Å²) in [6.45, 7) is 0.166. The zero-order valence-corrected chi connectivity index (χ0v) is 32.5. The second kappa shape index (κ2) is 14.9. The molecule has 57 heavy (non-hydrogen) atoms. The van der Waals surface area contributed by atoms with Gasteiger partial charge in [-0.05, 0) is 96.5 Å². The number of carbonyl (C=O) groups is 4. The Bertz CT molecular complexity index is 2350. The van der Waals surface area contributed by atoms with Gasteiger partial charge in [-0.1, -0.05) is 77.3 Å². The van der Waals surface area contributed by atoms with Crippen LogP contribution in [0.15, 0.2) is 103 Å². The summed E-state index contributed by atoms with van der Waals surface area (Å²) in [6, 6.07) is 23.3. The molecule has 13 heteroatoms. The van der Waals surface area contributed by atoms with Crippen LogP contribution >= 0.6 is 23.2 Å². The van der Waals surface area contributed by atoms with E-state index in [1.807, 2.05) is 18.2 Å². The first-order valence-corrected chi connectivity index (χ1v) is 19.3. The maximum atomic E-state index is 15.4. The summed E-state index contributed by atoms with van der Waals surface area (Å²) in [7, 11) is 2.99. The van der Waals surface area contributed by atoms with E-state index >= 15 is 4.79 Å². The van der Waals surface area contributed by atoms with E-state index in [2.05, 4.69) is 5.43 Å². The van der Waals surface area contributed by atoms with Crippen molar-refractivity contribution in [2.75, 3.05) is 26.2 Å². The minimum absolute atomic E-state index is 0.0401. The van der Waals surface area contributed by atoms with Crippen molar-refractivity contribution >= 4 is 58.6 Å². The van der Waals surface area contributed by atoms with Gasteiger partial charge in [-0.3, -0.25) is 29.5 Å². The predicted molar refractivity (Wildman–Crippen MR) is 214 cm³/mol. The summed E-state index contributed by atoms with van der Waals surface area (Å²) in [5.41, 5.74) is 4.68. The van der Waals surface area contributed by atoms with E-state index in [4.69, 9.17) is 32.7 Å². The van der Waals surface area contributed by atoms with E-state index < -0.39 is 46.8 Å². The van der Waals surface area contributed by atoms with E-state index in [0.29, 0.717) is 34.0 Å². The van der Waals surface area contributed by atoms with Crippen LogP contribution in [0.5, 0.6) is 23.0 Å². The fourth-order valence-corrected chi connectivity index (χ4v) is 9.73. The maximum Gasteiger partial charge on any atom is 0.260 e. The molecule has 1 saturated carbocycles. The topological polar surface area (TPSA) is 146 Å². The molecule has 0 radical (unpaired) electrons. The fraction of sp³-hybridized carbons (Fsp3) is 0.273. The summed E-state index contributed by atoms with van der Waals surface area (Å²) in [4.78, 5) is 60.1. The molecule has 0 bridgehead atoms. The highest BCUT2D eigenvalue weighted by molar-refractivity contribution is 6.36. The molecule has 4 aromatic carbocycles. The Balaban J connectivity index is 1.25. The highest BCUT2D eigenvalue weighted by atomic mass is 35.5. The molecule has 3 fully saturated rings. The van der Waals surface area contributed by atoms with Crippen LogP contribution < -0.4 is 14.9 Å². The molecule has 3 N–H and O–H groups in total. The Kier molecular flexibility index (Phi) is 9.99. The van der Waals surface area contributed by atoms with Gasteiger partial charge in [0.05, 0.1) is 48.1 Å². The number of fused-ring (bicyclic) bond motifs is 4. The van der Waals surface area contributed by atoms with Crippen molar-refractivity contribution in [3.8, 4) is 23.0 Å². The third-order valence-corrected chi connectivity index (χ3v) is 12.5. The van der Waals surface area contributed by atoms with Crippen LogP contribution in [-0.4, -0.2) is 64.5 Å². The highest BCUT2D eigenvalue weighted by Gasteiger charge is 2.69. The number of anilines is 1. The van der Waals surface area contributed by atoms with Crippen LogP contribution in [0.1, 0.15) is 29.5 Å². The second-order valence-corrected chi connectivity index (χ2v) is 15.6. The largest absolute Gasteiger partial charge is 0.508 e. The third-order valence-electron chi connectivity index (χ3n) is 12.0. The van der Waals surface area contributed by atoms with Crippen LogP contribution in [-0.2, 0) is 31.0 Å². The van der Waals surface area contributed by atoms with Crippen LogP contribution in [0.2, 0.25) is 10.0 Å². The number of hydrazine groups is 1. The Labute approximate surface area is 339 Å². The number of amides is 4. The third kappa shape index (κ3) is 6.39. The van der Waals surface area contributed by atoms with Gasteiger partial charge in [0.2, 0.25) is 11.8 Å². The number of imide groups is 2. The first kappa shape index (κ1) is 38.1. The number of nitrogens with zero attached hydrogens (tertiary/aromatic N) is 2. The van der Waals surface area contributed by atoms with Gasteiger partial charge in [0.15, 0.2) is 11.5 Å². The zero-order chi connectivity index (χ0) is 40.2. The van der Waals surface area contributed by atoms with Crippen molar-refractivity contribution in [3.05, 3.63) is 129 Å². The SMILES string of the molecule is COc1ccc(C23C(=O)N(Nc4ccc(Cl)cc4Cl)C(=O)C2CC2C(=CCC4C(=O)N(CCc5ccc(O)cc5)C(=O)C42)C3C=Cc2ccc(O)c(OC)c2)cc1. The number of nitrogens with one attached hydrogen (secondary N) is 1. The summed E-state index contributed by atoms with van der Waals surface area (Å²) >= 11 is 12.7. The monoisotopic (exact) mass is 807 g/mol. The van der Waals surface area contributed by atoms with Gasteiger partial charge in [-0.25, -0.2) is 0 Å². The molecule has 2 aliphatic carbocycles. The fourth-order valence-electron chi connectivity index (χ4n) is 9.28. The Morgan fingerprint density at radius 3 is 2.32 bits per heavy atom. The summed E-state index contributed by atoms with van der Waals surface area (Å²) in [5, 5.41) is 21.7.